The van der Waals surface area contributed by atoms with Crippen LogP contribution in [-0.2, 0) is 4.74 Å². The molecule has 1 aromatic heterocycles. The van der Waals surface area contributed by atoms with Crippen LogP contribution in [0.4, 0.5) is 5.82 Å². The molecule has 0 bridgehead atoms. The molecule has 1 saturated heterocycles. The van der Waals surface area contributed by atoms with Gasteiger partial charge in [0.05, 0.1) is 25.9 Å². The minimum Gasteiger partial charge on any atom is -0.478 e. The molecule has 2 heterocycles. The largest absolute Gasteiger partial charge is 0.478 e. The lowest BCUT2D eigenvalue weighted by atomic mass is 10.2. The SMILES string of the molecule is CCOc1cc(N2CCOCC2CNC(C)C)nc(C)n1. The zero-order chi connectivity index (χ0) is 15.2. The Labute approximate surface area is 126 Å². The molecule has 1 aliphatic rings. The monoisotopic (exact) mass is 294 g/mol. The molecule has 21 heavy (non-hydrogen) atoms. The maximum atomic E-state index is 5.62. The molecular weight excluding hydrogens is 268 g/mol. The summed E-state index contributed by atoms with van der Waals surface area (Å²) in [6.45, 7) is 11.9. The summed E-state index contributed by atoms with van der Waals surface area (Å²) in [5.41, 5.74) is 0. The number of nitrogens with zero attached hydrogens (tertiary/aromatic N) is 3. The summed E-state index contributed by atoms with van der Waals surface area (Å²) in [6, 6.07) is 2.66. The first-order valence-corrected chi connectivity index (χ1v) is 7.66. The Bertz CT molecular complexity index is 453. The highest BCUT2D eigenvalue weighted by Crippen LogP contribution is 2.21. The lowest BCUT2D eigenvalue weighted by Crippen LogP contribution is -2.51. The van der Waals surface area contributed by atoms with Crippen LogP contribution in [0.5, 0.6) is 5.88 Å². The fourth-order valence-electron chi connectivity index (χ4n) is 2.39. The van der Waals surface area contributed by atoms with Crippen LogP contribution in [0.1, 0.15) is 26.6 Å². The number of hydrogen-bond acceptors (Lipinski definition) is 6. The topological polar surface area (TPSA) is 59.5 Å². The maximum absolute atomic E-state index is 5.62. The standard InChI is InChI=1S/C15H26N4O2/c1-5-21-15-8-14(17-12(4)18-15)19-6-7-20-10-13(19)9-16-11(2)3/h8,11,13,16H,5-7,9-10H2,1-4H3. The van der Waals surface area contributed by atoms with Crippen LogP contribution in [0.2, 0.25) is 0 Å². The van der Waals surface area contributed by atoms with E-state index in [2.05, 4.69) is 34.0 Å². The van der Waals surface area contributed by atoms with Crippen LogP contribution < -0.4 is 15.0 Å². The van der Waals surface area contributed by atoms with Crippen molar-refractivity contribution in [2.24, 2.45) is 0 Å². The van der Waals surface area contributed by atoms with E-state index in [0.717, 1.165) is 31.3 Å². The zero-order valence-electron chi connectivity index (χ0n) is 13.4. The van der Waals surface area contributed by atoms with E-state index < -0.39 is 0 Å². The summed E-state index contributed by atoms with van der Waals surface area (Å²) in [5.74, 6) is 2.30. The Morgan fingerprint density at radius 3 is 3.00 bits per heavy atom. The van der Waals surface area contributed by atoms with Crippen molar-refractivity contribution < 1.29 is 9.47 Å². The highest BCUT2D eigenvalue weighted by Gasteiger charge is 2.25. The van der Waals surface area contributed by atoms with Gasteiger partial charge in [-0.15, -0.1) is 0 Å². The van der Waals surface area contributed by atoms with Crippen molar-refractivity contribution in [3.8, 4) is 5.88 Å². The summed E-state index contributed by atoms with van der Waals surface area (Å²) in [4.78, 5) is 11.2. The van der Waals surface area contributed by atoms with Crippen LogP contribution in [0.25, 0.3) is 0 Å². The number of ether oxygens (including phenoxy) is 2. The second-order valence-electron chi connectivity index (χ2n) is 5.53. The third-order valence-corrected chi connectivity index (χ3v) is 3.38. The molecule has 1 fully saturated rings. The van der Waals surface area contributed by atoms with E-state index in [0.29, 0.717) is 25.1 Å². The van der Waals surface area contributed by atoms with Crippen LogP contribution >= 0.6 is 0 Å². The molecule has 6 heteroatoms. The van der Waals surface area contributed by atoms with E-state index in [-0.39, 0.29) is 6.04 Å². The zero-order valence-corrected chi connectivity index (χ0v) is 13.4. The smallest absolute Gasteiger partial charge is 0.218 e. The van der Waals surface area contributed by atoms with Crippen molar-refractivity contribution in [1.82, 2.24) is 15.3 Å². The molecule has 1 aromatic rings. The Balaban J connectivity index is 2.16. The number of hydrogen-bond donors (Lipinski definition) is 1. The predicted molar refractivity (Wildman–Crippen MR) is 83.0 cm³/mol. The minimum absolute atomic E-state index is 0.282. The van der Waals surface area contributed by atoms with E-state index in [9.17, 15) is 0 Å². The summed E-state index contributed by atoms with van der Waals surface area (Å²) in [5, 5.41) is 3.47. The van der Waals surface area contributed by atoms with Gasteiger partial charge < -0.3 is 19.7 Å². The Morgan fingerprint density at radius 2 is 2.29 bits per heavy atom. The van der Waals surface area contributed by atoms with E-state index >= 15 is 0 Å². The molecule has 0 spiro atoms. The van der Waals surface area contributed by atoms with Gasteiger partial charge in [-0.3, -0.25) is 0 Å². The normalized spacial score (nSPS) is 19.1. The van der Waals surface area contributed by atoms with Gasteiger partial charge in [0.1, 0.15) is 11.6 Å². The molecule has 1 aliphatic heterocycles. The minimum atomic E-state index is 0.282. The van der Waals surface area contributed by atoms with Gasteiger partial charge in [-0.2, -0.15) is 4.98 Å². The first-order chi connectivity index (χ1) is 10.1. The quantitative estimate of drug-likeness (QED) is 0.855. The van der Waals surface area contributed by atoms with Crippen LogP contribution in [0, 0.1) is 6.92 Å². The van der Waals surface area contributed by atoms with Crippen LogP contribution in [0.3, 0.4) is 0 Å². The maximum Gasteiger partial charge on any atom is 0.218 e. The van der Waals surface area contributed by atoms with Crippen molar-refractivity contribution in [3.63, 3.8) is 0 Å². The van der Waals surface area contributed by atoms with Crippen LogP contribution in [-0.4, -0.2) is 55.0 Å². The molecular formula is C15H26N4O2. The molecule has 0 radical (unpaired) electrons. The summed E-state index contributed by atoms with van der Waals surface area (Å²) in [7, 11) is 0. The summed E-state index contributed by atoms with van der Waals surface area (Å²) in [6.07, 6.45) is 0. The van der Waals surface area contributed by atoms with Gasteiger partial charge >= 0.3 is 0 Å². The lowest BCUT2D eigenvalue weighted by molar-refractivity contribution is 0.0927. The molecule has 0 aromatic carbocycles. The highest BCUT2D eigenvalue weighted by atomic mass is 16.5. The number of nitrogens with one attached hydrogen (secondary N) is 1. The van der Waals surface area contributed by atoms with Gasteiger partial charge in [-0.25, -0.2) is 4.98 Å². The first-order valence-electron chi connectivity index (χ1n) is 7.66. The molecule has 0 saturated carbocycles. The number of rotatable bonds is 6. The van der Waals surface area contributed by atoms with Gasteiger partial charge in [-0.05, 0) is 13.8 Å². The van der Waals surface area contributed by atoms with Crippen molar-refractivity contribution in [2.45, 2.75) is 39.8 Å². The molecule has 118 valence electrons. The van der Waals surface area contributed by atoms with E-state index in [1.165, 1.54) is 0 Å². The van der Waals surface area contributed by atoms with Gasteiger partial charge in [0, 0.05) is 25.2 Å². The van der Waals surface area contributed by atoms with Crippen molar-refractivity contribution >= 4 is 5.82 Å². The van der Waals surface area contributed by atoms with Gasteiger partial charge in [0.25, 0.3) is 0 Å². The molecule has 0 aliphatic carbocycles. The van der Waals surface area contributed by atoms with Gasteiger partial charge in [0.15, 0.2) is 0 Å². The molecule has 6 nitrogen and oxygen atoms in total. The van der Waals surface area contributed by atoms with Gasteiger partial charge in [0.2, 0.25) is 5.88 Å². The Kier molecular flexibility index (Phi) is 5.76. The van der Waals surface area contributed by atoms with Crippen molar-refractivity contribution in [2.75, 3.05) is 37.8 Å². The predicted octanol–water partition coefficient (Wildman–Crippen LogP) is 1.39. The fourth-order valence-corrected chi connectivity index (χ4v) is 2.39. The molecule has 2 rings (SSSR count). The molecule has 1 atom stereocenters. The average Bonchev–Trinajstić information content (AvgIpc) is 2.45. The number of aromatic nitrogens is 2. The number of morpholine rings is 1. The van der Waals surface area contributed by atoms with Crippen molar-refractivity contribution in [1.29, 1.82) is 0 Å². The van der Waals surface area contributed by atoms with Crippen molar-refractivity contribution in [3.05, 3.63) is 11.9 Å². The molecule has 1 N–H and O–H groups in total. The third kappa shape index (κ3) is 4.54. The van der Waals surface area contributed by atoms with E-state index in [4.69, 9.17) is 9.47 Å². The second kappa shape index (κ2) is 7.56. The number of aryl methyl sites for hydroxylation is 1. The average molecular weight is 294 g/mol. The van der Waals surface area contributed by atoms with E-state index in [1.807, 2.05) is 19.9 Å². The number of anilines is 1. The third-order valence-electron chi connectivity index (χ3n) is 3.38. The van der Waals surface area contributed by atoms with Crippen LogP contribution in [0.15, 0.2) is 6.07 Å². The Morgan fingerprint density at radius 1 is 1.48 bits per heavy atom. The summed E-state index contributed by atoms with van der Waals surface area (Å²) < 4.78 is 11.1. The molecule has 0 amide bonds. The van der Waals surface area contributed by atoms with Gasteiger partial charge in [-0.1, -0.05) is 13.8 Å². The first kappa shape index (κ1) is 16.0. The van der Waals surface area contributed by atoms with E-state index in [1.54, 1.807) is 0 Å². The lowest BCUT2D eigenvalue weighted by Gasteiger charge is -2.37. The summed E-state index contributed by atoms with van der Waals surface area (Å²) >= 11 is 0. The Hall–Kier alpha value is -1.40. The highest BCUT2D eigenvalue weighted by molar-refractivity contribution is 5.43. The second-order valence-corrected chi connectivity index (χ2v) is 5.53. The molecule has 1 unspecified atom stereocenters. The fraction of sp³-hybridized carbons (Fsp3) is 0.733.